The molecule has 1 aromatic carbocycles. The van der Waals surface area contributed by atoms with Crippen LogP contribution in [0.4, 0.5) is 0 Å². The number of carbonyl (C=O) groups is 1. The lowest BCUT2D eigenvalue weighted by atomic mass is 9.97. The van der Waals surface area contributed by atoms with Crippen LogP contribution < -0.4 is 5.73 Å². The van der Waals surface area contributed by atoms with Crippen LogP contribution in [0.25, 0.3) is 0 Å². The summed E-state index contributed by atoms with van der Waals surface area (Å²) in [5, 5.41) is 9.14. The van der Waals surface area contributed by atoms with E-state index in [9.17, 15) is 4.79 Å². The van der Waals surface area contributed by atoms with E-state index in [4.69, 9.17) is 27.8 Å². The van der Waals surface area contributed by atoms with E-state index in [0.29, 0.717) is 19.7 Å². The first-order valence-electron chi connectivity index (χ1n) is 6.49. The average Bonchev–Trinajstić information content (AvgIpc) is 2.48. The Morgan fingerprint density at radius 1 is 1.50 bits per heavy atom. The van der Waals surface area contributed by atoms with E-state index < -0.39 is 5.92 Å². The van der Waals surface area contributed by atoms with Crippen molar-refractivity contribution >= 4 is 23.1 Å². The van der Waals surface area contributed by atoms with Crippen LogP contribution in [-0.4, -0.2) is 53.3 Å². The minimum atomic E-state index is -0.622. The summed E-state index contributed by atoms with van der Waals surface area (Å²) in [6, 6.07) is 9.26. The molecule has 2 atom stereocenters. The summed E-state index contributed by atoms with van der Waals surface area (Å²) < 4.78 is 5.35. The maximum atomic E-state index is 12.6. The predicted octanol–water partition coefficient (Wildman–Crippen LogP) is 0.276. The van der Waals surface area contributed by atoms with Crippen molar-refractivity contribution in [3.05, 3.63) is 35.9 Å². The molecule has 0 radical (unpaired) electrons. The number of carbonyl (C=O) groups excluding carboxylic acids is 1. The van der Waals surface area contributed by atoms with Gasteiger partial charge in [-0.3, -0.25) is 4.79 Å². The van der Waals surface area contributed by atoms with Gasteiger partial charge in [-0.05, 0) is 5.56 Å². The second kappa shape index (κ2) is 6.78. The molecular weight excluding hydrogens is 276 g/mol. The molecule has 1 aliphatic heterocycles. The molecule has 108 valence electrons. The third kappa shape index (κ3) is 3.33. The molecule has 1 heterocycles. The third-order valence-corrected chi connectivity index (χ3v) is 3.55. The standard InChI is InChI=1S/C14H18N2O3S/c15-13(20)12(10-4-2-1-3-5-10)14(18)16-6-7-19-11(8-16)9-17/h1-5,11-12,17H,6-9H2,(H2,15,20). The van der Waals surface area contributed by atoms with Gasteiger partial charge in [-0.1, -0.05) is 42.5 Å². The Bertz CT molecular complexity index is 481. The lowest BCUT2D eigenvalue weighted by Crippen LogP contribution is -2.50. The Balaban J connectivity index is 2.17. The van der Waals surface area contributed by atoms with Crippen LogP contribution in [0.1, 0.15) is 11.5 Å². The molecule has 0 aliphatic carbocycles. The van der Waals surface area contributed by atoms with E-state index in [1.807, 2.05) is 30.3 Å². The van der Waals surface area contributed by atoms with Crippen LogP contribution in [0.3, 0.4) is 0 Å². The Labute approximate surface area is 123 Å². The lowest BCUT2D eigenvalue weighted by Gasteiger charge is -2.34. The molecule has 3 N–H and O–H groups in total. The molecule has 1 amide bonds. The van der Waals surface area contributed by atoms with Crippen LogP contribution in [0.15, 0.2) is 30.3 Å². The molecule has 1 aliphatic rings. The summed E-state index contributed by atoms with van der Waals surface area (Å²) in [5.74, 6) is -0.755. The van der Waals surface area contributed by atoms with E-state index in [-0.39, 0.29) is 23.6 Å². The summed E-state index contributed by atoms with van der Waals surface area (Å²) in [5.41, 5.74) is 6.54. The number of morpholine rings is 1. The van der Waals surface area contributed by atoms with E-state index in [1.165, 1.54) is 0 Å². The summed E-state index contributed by atoms with van der Waals surface area (Å²) in [6.07, 6.45) is -0.338. The zero-order valence-electron chi connectivity index (χ0n) is 11.1. The minimum absolute atomic E-state index is 0.104. The lowest BCUT2D eigenvalue weighted by molar-refractivity contribution is -0.140. The Morgan fingerprint density at radius 3 is 2.80 bits per heavy atom. The number of amides is 1. The van der Waals surface area contributed by atoms with Crippen LogP contribution in [0.5, 0.6) is 0 Å². The van der Waals surface area contributed by atoms with Crippen molar-refractivity contribution in [1.29, 1.82) is 0 Å². The zero-order valence-corrected chi connectivity index (χ0v) is 11.9. The second-order valence-corrected chi connectivity index (χ2v) is 5.18. The van der Waals surface area contributed by atoms with Gasteiger partial charge in [0, 0.05) is 13.1 Å². The number of nitrogens with zero attached hydrogens (tertiary/aromatic N) is 1. The first-order valence-corrected chi connectivity index (χ1v) is 6.90. The number of nitrogens with two attached hydrogens (primary N) is 1. The molecule has 1 saturated heterocycles. The fraction of sp³-hybridized carbons (Fsp3) is 0.429. The molecule has 2 unspecified atom stereocenters. The highest BCUT2D eigenvalue weighted by Gasteiger charge is 2.31. The van der Waals surface area contributed by atoms with Gasteiger partial charge in [0.2, 0.25) is 5.91 Å². The number of aliphatic hydroxyl groups is 1. The molecule has 5 nitrogen and oxygen atoms in total. The maximum absolute atomic E-state index is 12.6. The maximum Gasteiger partial charge on any atom is 0.237 e. The number of hydrogen-bond donors (Lipinski definition) is 2. The van der Waals surface area contributed by atoms with Crippen LogP contribution >= 0.6 is 12.2 Å². The molecule has 1 fully saturated rings. The summed E-state index contributed by atoms with van der Waals surface area (Å²) >= 11 is 5.05. The van der Waals surface area contributed by atoms with E-state index in [1.54, 1.807) is 4.90 Å². The Morgan fingerprint density at radius 2 is 2.20 bits per heavy atom. The number of rotatable bonds is 4. The molecule has 0 aromatic heterocycles. The van der Waals surface area contributed by atoms with E-state index in [2.05, 4.69) is 0 Å². The molecule has 6 heteroatoms. The number of aliphatic hydroxyl groups excluding tert-OH is 1. The molecule has 1 aromatic rings. The van der Waals surface area contributed by atoms with Gasteiger partial charge >= 0.3 is 0 Å². The Hall–Kier alpha value is -1.50. The SMILES string of the molecule is NC(=S)C(C(=O)N1CCOC(CO)C1)c1ccccc1. The fourth-order valence-corrected chi connectivity index (χ4v) is 2.52. The van der Waals surface area contributed by atoms with Crippen molar-refractivity contribution in [1.82, 2.24) is 4.90 Å². The average molecular weight is 294 g/mol. The summed E-state index contributed by atoms with van der Waals surface area (Å²) in [7, 11) is 0. The van der Waals surface area contributed by atoms with E-state index in [0.717, 1.165) is 5.56 Å². The Kier molecular flexibility index (Phi) is 5.05. The highest BCUT2D eigenvalue weighted by atomic mass is 32.1. The van der Waals surface area contributed by atoms with Gasteiger partial charge in [0.05, 0.1) is 24.3 Å². The number of hydrogen-bond acceptors (Lipinski definition) is 4. The van der Waals surface area contributed by atoms with Gasteiger partial charge in [-0.15, -0.1) is 0 Å². The molecule has 20 heavy (non-hydrogen) atoms. The first-order chi connectivity index (χ1) is 9.63. The topological polar surface area (TPSA) is 75.8 Å². The number of benzene rings is 1. The largest absolute Gasteiger partial charge is 0.394 e. The van der Waals surface area contributed by atoms with Crippen molar-refractivity contribution in [2.75, 3.05) is 26.3 Å². The van der Waals surface area contributed by atoms with Crippen molar-refractivity contribution in [2.24, 2.45) is 5.73 Å². The first kappa shape index (κ1) is 14.9. The van der Waals surface area contributed by atoms with Crippen LogP contribution in [0, 0.1) is 0 Å². The highest BCUT2D eigenvalue weighted by Crippen LogP contribution is 2.20. The molecule has 0 spiro atoms. The summed E-state index contributed by atoms with van der Waals surface area (Å²) in [4.78, 5) is 14.4. The fourth-order valence-electron chi connectivity index (χ4n) is 2.29. The normalized spacial score (nSPS) is 20.4. The third-order valence-electron chi connectivity index (χ3n) is 3.32. The number of thiocarbonyl (C=S) groups is 1. The molecular formula is C14H18N2O3S. The highest BCUT2D eigenvalue weighted by molar-refractivity contribution is 7.80. The van der Waals surface area contributed by atoms with Crippen LogP contribution in [0.2, 0.25) is 0 Å². The monoisotopic (exact) mass is 294 g/mol. The second-order valence-electron chi connectivity index (χ2n) is 4.71. The van der Waals surface area contributed by atoms with Gasteiger partial charge in [0.25, 0.3) is 0 Å². The molecule has 0 bridgehead atoms. The van der Waals surface area contributed by atoms with Crippen molar-refractivity contribution in [3.8, 4) is 0 Å². The predicted molar refractivity (Wildman–Crippen MR) is 79.4 cm³/mol. The van der Waals surface area contributed by atoms with Gasteiger partial charge < -0.3 is 20.5 Å². The van der Waals surface area contributed by atoms with Crippen molar-refractivity contribution in [2.45, 2.75) is 12.0 Å². The van der Waals surface area contributed by atoms with Gasteiger partial charge in [0.15, 0.2) is 0 Å². The van der Waals surface area contributed by atoms with Gasteiger partial charge in [0.1, 0.15) is 5.92 Å². The smallest absolute Gasteiger partial charge is 0.237 e. The minimum Gasteiger partial charge on any atom is -0.394 e. The molecule has 2 rings (SSSR count). The van der Waals surface area contributed by atoms with Crippen molar-refractivity contribution in [3.63, 3.8) is 0 Å². The number of ether oxygens (including phenoxy) is 1. The van der Waals surface area contributed by atoms with Gasteiger partial charge in [-0.2, -0.15) is 0 Å². The van der Waals surface area contributed by atoms with E-state index >= 15 is 0 Å². The van der Waals surface area contributed by atoms with Crippen molar-refractivity contribution < 1.29 is 14.6 Å². The zero-order chi connectivity index (χ0) is 14.5. The quantitative estimate of drug-likeness (QED) is 0.780. The van der Waals surface area contributed by atoms with Gasteiger partial charge in [-0.25, -0.2) is 0 Å². The van der Waals surface area contributed by atoms with Crippen LogP contribution in [-0.2, 0) is 9.53 Å². The molecule has 0 saturated carbocycles. The summed E-state index contributed by atoms with van der Waals surface area (Å²) in [6.45, 7) is 1.16.